The van der Waals surface area contributed by atoms with Gasteiger partial charge in [-0.3, -0.25) is 14.9 Å². The third-order valence-electron chi connectivity index (χ3n) is 3.18. The van der Waals surface area contributed by atoms with Gasteiger partial charge in [0.2, 0.25) is 5.91 Å². The summed E-state index contributed by atoms with van der Waals surface area (Å²) in [6, 6.07) is 7.33. The maximum Gasteiger partial charge on any atom is 0.292 e. The summed E-state index contributed by atoms with van der Waals surface area (Å²) in [5.41, 5.74) is -0.537. The number of para-hydroxylation sites is 2. The molecule has 0 bridgehead atoms. The highest BCUT2D eigenvalue weighted by atomic mass is 19.2. The van der Waals surface area contributed by atoms with Crippen LogP contribution in [0.15, 0.2) is 36.4 Å². The lowest BCUT2D eigenvalue weighted by atomic mass is 10.2. The Morgan fingerprint density at radius 3 is 2.50 bits per heavy atom. The summed E-state index contributed by atoms with van der Waals surface area (Å²) >= 11 is 0. The summed E-state index contributed by atoms with van der Waals surface area (Å²) in [6.07, 6.45) is 0. The number of amides is 1. The van der Waals surface area contributed by atoms with E-state index in [4.69, 9.17) is 0 Å². The van der Waals surface area contributed by atoms with Crippen LogP contribution < -0.4 is 10.2 Å². The number of carbonyl (C=O) groups excluding carboxylic acids is 1. The average molecular weight is 339 g/mol. The molecule has 0 radical (unpaired) electrons. The average Bonchev–Trinajstić information content (AvgIpc) is 2.55. The lowest BCUT2D eigenvalue weighted by Crippen LogP contribution is -2.30. The number of nitro benzene ring substituents is 1. The Morgan fingerprint density at radius 2 is 1.83 bits per heavy atom. The van der Waals surface area contributed by atoms with E-state index < -0.39 is 34.0 Å². The van der Waals surface area contributed by atoms with Crippen LogP contribution in [0.4, 0.5) is 30.2 Å². The second-order valence-corrected chi connectivity index (χ2v) is 4.87. The second kappa shape index (κ2) is 6.99. The van der Waals surface area contributed by atoms with Crippen LogP contribution in [0, 0.1) is 27.6 Å². The molecular formula is C15H12F3N3O3. The summed E-state index contributed by atoms with van der Waals surface area (Å²) in [4.78, 5) is 23.6. The maximum absolute atomic E-state index is 13.5. The van der Waals surface area contributed by atoms with E-state index in [1.165, 1.54) is 30.1 Å². The van der Waals surface area contributed by atoms with Crippen molar-refractivity contribution in [2.24, 2.45) is 0 Å². The SMILES string of the molecule is CN(CC(=O)Nc1ccc(F)c(F)c1F)c1ccccc1[N+](=O)[O-]. The molecule has 2 rings (SSSR count). The van der Waals surface area contributed by atoms with Crippen LogP contribution in [-0.2, 0) is 4.79 Å². The Bertz CT molecular complexity index is 799. The molecule has 0 heterocycles. The van der Waals surface area contributed by atoms with Crippen molar-refractivity contribution in [2.45, 2.75) is 0 Å². The highest BCUT2D eigenvalue weighted by Crippen LogP contribution is 2.26. The standard InChI is InChI=1S/C15H12F3N3O3/c1-20(11-4-2-3-5-12(11)21(23)24)8-13(22)19-10-7-6-9(16)14(17)15(10)18/h2-7H,8H2,1H3,(H,19,22). The minimum absolute atomic E-state index is 0.184. The molecule has 24 heavy (non-hydrogen) atoms. The number of rotatable bonds is 5. The van der Waals surface area contributed by atoms with Crippen LogP contribution in [0.3, 0.4) is 0 Å². The van der Waals surface area contributed by atoms with E-state index in [-0.39, 0.29) is 17.9 Å². The number of likely N-dealkylation sites (N-methyl/N-ethyl adjacent to an activating group) is 1. The van der Waals surface area contributed by atoms with Gasteiger partial charge in [0.25, 0.3) is 5.69 Å². The first-order chi connectivity index (χ1) is 11.3. The van der Waals surface area contributed by atoms with Crippen molar-refractivity contribution >= 4 is 23.0 Å². The Balaban J connectivity index is 2.13. The lowest BCUT2D eigenvalue weighted by Gasteiger charge is -2.18. The number of nitro groups is 1. The van der Waals surface area contributed by atoms with Crippen molar-refractivity contribution in [1.82, 2.24) is 0 Å². The zero-order chi connectivity index (χ0) is 17.9. The fourth-order valence-corrected chi connectivity index (χ4v) is 2.05. The highest BCUT2D eigenvalue weighted by Gasteiger charge is 2.19. The van der Waals surface area contributed by atoms with Crippen LogP contribution in [0.2, 0.25) is 0 Å². The molecule has 0 aliphatic heterocycles. The van der Waals surface area contributed by atoms with Gasteiger partial charge in [0.1, 0.15) is 5.69 Å². The molecular weight excluding hydrogens is 327 g/mol. The second-order valence-electron chi connectivity index (χ2n) is 4.87. The van der Waals surface area contributed by atoms with E-state index in [0.717, 1.165) is 6.07 Å². The quantitative estimate of drug-likeness (QED) is 0.516. The molecule has 126 valence electrons. The fraction of sp³-hybridized carbons (Fsp3) is 0.133. The van der Waals surface area contributed by atoms with Crippen LogP contribution in [-0.4, -0.2) is 24.4 Å². The summed E-state index contributed by atoms with van der Waals surface area (Å²) in [7, 11) is 1.43. The molecule has 0 unspecified atom stereocenters. The molecule has 0 aliphatic carbocycles. The van der Waals surface area contributed by atoms with Crippen molar-refractivity contribution in [1.29, 1.82) is 0 Å². The first kappa shape index (κ1) is 17.3. The molecule has 2 aromatic rings. The normalized spacial score (nSPS) is 10.3. The first-order valence-corrected chi connectivity index (χ1v) is 6.69. The van der Waals surface area contributed by atoms with Gasteiger partial charge >= 0.3 is 0 Å². The number of nitrogens with zero attached hydrogens (tertiary/aromatic N) is 2. The van der Waals surface area contributed by atoms with Crippen molar-refractivity contribution in [3.8, 4) is 0 Å². The molecule has 0 fully saturated rings. The predicted octanol–water partition coefficient (Wildman–Crippen LogP) is 3.09. The Labute approximate surface area is 134 Å². The number of anilines is 2. The number of hydrogen-bond acceptors (Lipinski definition) is 4. The number of carbonyl (C=O) groups is 1. The zero-order valence-electron chi connectivity index (χ0n) is 12.4. The van der Waals surface area contributed by atoms with Crippen LogP contribution in [0.1, 0.15) is 0 Å². The van der Waals surface area contributed by atoms with E-state index in [9.17, 15) is 28.1 Å². The van der Waals surface area contributed by atoms with Crippen LogP contribution in [0.25, 0.3) is 0 Å². The zero-order valence-corrected chi connectivity index (χ0v) is 12.4. The van der Waals surface area contributed by atoms with Gasteiger partial charge < -0.3 is 10.2 Å². The van der Waals surface area contributed by atoms with E-state index in [0.29, 0.717) is 6.07 Å². The van der Waals surface area contributed by atoms with Crippen molar-refractivity contribution < 1.29 is 22.9 Å². The molecule has 9 heteroatoms. The molecule has 6 nitrogen and oxygen atoms in total. The first-order valence-electron chi connectivity index (χ1n) is 6.69. The molecule has 0 saturated heterocycles. The van der Waals surface area contributed by atoms with Gasteiger partial charge in [-0.2, -0.15) is 0 Å². The van der Waals surface area contributed by atoms with E-state index in [1.54, 1.807) is 6.07 Å². The van der Waals surface area contributed by atoms with E-state index in [2.05, 4.69) is 5.32 Å². The van der Waals surface area contributed by atoms with E-state index >= 15 is 0 Å². The van der Waals surface area contributed by atoms with Gasteiger partial charge in [-0.05, 0) is 18.2 Å². The topological polar surface area (TPSA) is 75.5 Å². The van der Waals surface area contributed by atoms with Gasteiger partial charge in [0.05, 0.1) is 17.2 Å². The highest BCUT2D eigenvalue weighted by molar-refractivity contribution is 5.94. The molecule has 0 spiro atoms. The van der Waals surface area contributed by atoms with Gasteiger partial charge in [-0.1, -0.05) is 12.1 Å². The van der Waals surface area contributed by atoms with Gasteiger partial charge in [0, 0.05) is 13.1 Å². The molecule has 0 saturated carbocycles. The Morgan fingerprint density at radius 1 is 1.17 bits per heavy atom. The van der Waals surface area contributed by atoms with Gasteiger partial charge in [-0.15, -0.1) is 0 Å². The molecule has 1 amide bonds. The number of halogens is 3. The largest absolute Gasteiger partial charge is 0.360 e. The third kappa shape index (κ3) is 3.62. The molecule has 0 atom stereocenters. The minimum atomic E-state index is -1.69. The summed E-state index contributed by atoms with van der Waals surface area (Å²) in [6.45, 7) is -0.358. The Hall–Kier alpha value is -3.10. The predicted molar refractivity (Wildman–Crippen MR) is 81.3 cm³/mol. The molecule has 0 aromatic heterocycles. The maximum atomic E-state index is 13.5. The van der Waals surface area contributed by atoms with Gasteiger partial charge in [-0.25, -0.2) is 13.2 Å². The summed E-state index contributed by atoms with van der Waals surface area (Å²) < 4.78 is 39.5. The van der Waals surface area contributed by atoms with Crippen molar-refractivity contribution in [3.63, 3.8) is 0 Å². The number of hydrogen-bond donors (Lipinski definition) is 1. The van der Waals surface area contributed by atoms with Gasteiger partial charge in [0.15, 0.2) is 17.5 Å². The number of nitrogens with one attached hydrogen (secondary N) is 1. The fourth-order valence-electron chi connectivity index (χ4n) is 2.05. The minimum Gasteiger partial charge on any atom is -0.360 e. The van der Waals surface area contributed by atoms with Crippen LogP contribution in [0.5, 0.6) is 0 Å². The molecule has 2 aromatic carbocycles. The number of benzene rings is 2. The van der Waals surface area contributed by atoms with Crippen molar-refractivity contribution in [2.75, 3.05) is 23.8 Å². The molecule has 0 aliphatic rings. The van der Waals surface area contributed by atoms with Crippen molar-refractivity contribution in [3.05, 3.63) is 64.0 Å². The van der Waals surface area contributed by atoms with E-state index in [1.807, 2.05) is 0 Å². The Kier molecular flexibility index (Phi) is 5.02. The summed E-state index contributed by atoms with van der Waals surface area (Å²) in [5.74, 6) is -5.33. The van der Waals surface area contributed by atoms with Crippen LogP contribution >= 0.6 is 0 Å². The molecule has 1 N–H and O–H groups in total. The monoisotopic (exact) mass is 339 g/mol. The summed E-state index contributed by atoms with van der Waals surface area (Å²) in [5, 5.41) is 13.1. The smallest absolute Gasteiger partial charge is 0.292 e. The third-order valence-corrected chi connectivity index (χ3v) is 3.18. The lowest BCUT2D eigenvalue weighted by molar-refractivity contribution is -0.384.